The van der Waals surface area contributed by atoms with Crippen molar-refractivity contribution in [3.05, 3.63) is 91.4 Å². The number of carbonyl (C=O) groups excluding carboxylic acids is 2. The summed E-state index contributed by atoms with van der Waals surface area (Å²) in [7, 11) is 3.00. The van der Waals surface area contributed by atoms with E-state index >= 15 is 0 Å². The maximum Gasteiger partial charge on any atom is 0.271 e. The second-order valence-electron chi connectivity index (χ2n) is 8.95. The largest absolute Gasteiger partial charge is 0.494 e. The lowest BCUT2D eigenvalue weighted by Gasteiger charge is -2.18. The van der Waals surface area contributed by atoms with Crippen molar-refractivity contribution in [1.29, 1.82) is 5.26 Å². The van der Waals surface area contributed by atoms with Crippen LogP contribution in [0.1, 0.15) is 32.6 Å². The van der Waals surface area contributed by atoms with Crippen LogP contribution in [0.5, 0.6) is 17.4 Å². The maximum atomic E-state index is 13.5. The summed E-state index contributed by atoms with van der Waals surface area (Å²) in [4.78, 5) is 40.9. The number of thiocarbonyl (C=S) groups is 1. The Morgan fingerprint density at radius 3 is 2.46 bits per heavy atom. The molecule has 2 heterocycles. The van der Waals surface area contributed by atoms with Gasteiger partial charge in [0.2, 0.25) is 5.88 Å². The van der Waals surface area contributed by atoms with E-state index in [1.807, 2.05) is 6.07 Å². The van der Waals surface area contributed by atoms with Gasteiger partial charge in [-0.05, 0) is 60.4 Å². The SMILES string of the molecule is COc1ccc(CCn2c(O)c(C(=O)CN3C(=O)/C(=C/c4ccc(F)cc4)SC3=S)c(C)c(C#N)c2=O)cc1OC. The Morgan fingerprint density at radius 2 is 1.83 bits per heavy atom. The van der Waals surface area contributed by atoms with Crippen LogP contribution in [0, 0.1) is 24.1 Å². The summed E-state index contributed by atoms with van der Waals surface area (Å²) in [6.07, 6.45) is 1.80. The van der Waals surface area contributed by atoms with Gasteiger partial charge in [-0.1, -0.05) is 42.2 Å². The Balaban J connectivity index is 1.62. The normalized spacial score (nSPS) is 13.9. The van der Waals surface area contributed by atoms with Gasteiger partial charge in [0.25, 0.3) is 11.5 Å². The predicted octanol–water partition coefficient (Wildman–Crippen LogP) is 4.22. The molecule has 0 bridgehead atoms. The second kappa shape index (κ2) is 12.4. The minimum atomic E-state index is -0.743. The summed E-state index contributed by atoms with van der Waals surface area (Å²) in [5.41, 5.74) is 0.0606. The summed E-state index contributed by atoms with van der Waals surface area (Å²) < 4.78 is 24.9. The van der Waals surface area contributed by atoms with Crippen LogP contribution in [0.2, 0.25) is 0 Å². The van der Waals surface area contributed by atoms with Gasteiger partial charge in [0.1, 0.15) is 21.8 Å². The van der Waals surface area contributed by atoms with Crippen molar-refractivity contribution < 1.29 is 28.6 Å². The van der Waals surface area contributed by atoms with Crippen molar-refractivity contribution in [2.75, 3.05) is 20.8 Å². The van der Waals surface area contributed by atoms with Gasteiger partial charge in [0.05, 0.1) is 31.2 Å². The number of halogens is 1. The third-order valence-electron chi connectivity index (χ3n) is 6.49. The average molecular weight is 594 g/mol. The summed E-state index contributed by atoms with van der Waals surface area (Å²) in [6, 6.07) is 12.5. The number of carbonyl (C=O) groups is 2. The lowest BCUT2D eigenvalue weighted by atomic mass is 10.0. The zero-order valence-corrected chi connectivity index (χ0v) is 23.9. The third-order valence-corrected chi connectivity index (χ3v) is 7.87. The number of ketones is 1. The molecular formula is C29H24FN3O6S2. The van der Waals surface area contributed by atoms with E-state index in [4.69, 9.17) is 21.7 Å². The highest BCUT2D eigenvalue weighted by Crippen LogP contribution is 2.34. The van der Waals surface area contributed by atoms with Crippen molar-refractivity contribution in [3.63, 3.8) is 0 Å². The first kappa shape index (κ1) is 29.5. The molecule has 3 aromatic rings. The number of ether oxygens (including phenoxy) is 2. The fourth-order valence-corrected chi connectivity index (χ4v) is 5.59. The third kappa shape index (κ3) is 6.01. The molecule has 1 amide bonds. The van der Waals surface area contributed by atoms with Crippen LogP contribution in [-0.4, -0.2) is 51.3 Å². The summed E-state index contributed by atoms with van der Waals surface area (Å²) in [6.45, 7) is 0.833. The molecule has 0 spiro atoms. The minimum Gasteiger partial charge on any atom is -0.494 e. The molecule has 0 atom stereocenters. The van der Waals surface area contributed by atoms with E-state index in [9.17, 15) is 29.1 Å². The maximum absolute atomic E-state index is 13.5. The topological polar surface area (TPSA) is 122 Å². The first-order valence-corrected chi connectivity index (χ1v) is 13.4. The van der Waals surface area contributed by atoms with E-state index in [1.165, 1.54) is 51.5 Å². The molecule has 1 aromatic heterocycles. The summed E-state index contributed by atoms with van der Waals surface area (Å²) in [5, 5.41) is 20.8. The number of aromatic nitrogens is 1. The van der Waals surface area contributed by atoms with E-state index in [-0.39, 0.29) is 38.9 Å². The number of methoxy groups -OCH3 is 2. The highest BCUT2D eigenvalue weighted by Gasteiger charge is 2.35. The van der Waals surface area contributed by atoms with Gasteiger partial charge in [-0.3, -0.25) is 23.9 Å². The number of nitriles is 1. The lowest BCUT2D eigenvalue weighted by Crippen LogP contribution is -2.35. The molecule has 1 N–H and O–H groups in total. The van der Waals surface area contributed by atoms with Gasteiger partial charge in [-0.25, -0.2) is 4.39 Å². The minimum absolute atomic E-state index is 0.00895. The molecule has 2 aromatic carbocycles. The Labute approximate surface area is 244 Å². The molecule has 41 heavy (non-hydrogen) atoms. The number of Topliss-reactive ketones (excluding diaryl/α,β-unsaturated/α-hetero) is 1. The van der Waals surface area contributed by atoms with E-state index < -0.39 is 35.5 Å². The number of hydrogen-bond acceptors (Lipinski definition) is 9. The number of benzene rings is 2. The molecule has 0 radical (unpaired) electrons. The molecule has 210 valence electrons. The van der Waals surface area contributed by atoms with Crippen molar-refractivity contribution in [2.24, 2.45) is 0 Å². The highest BCUT2D eigenvalue weighted by atomic mass is 32.2. The standard InChI is InChI=1S/C29H24FN3O6S2/c1-16-20(14-31)26(35)32(11-10-18-6-9-22(38-2)23(12-18)39-3)28(37)25(16)21(34)15-33-27(36)24(41-29(33)40)13-17-4-7-19(30)8-5-17/h4-9,12-13,37H,10-11,15H2,1-3H3/b24-13-. The van der Waals surface area contributed by atoms with Crippen LogP contribution in [0.3, 0.4) is 0 Å². The van der Waals surface area contributed by atoms with Gasteiger partial charge in [-0.15, -0.1) is 0 Å². The molecule has 9 nitrogen and oxygen atoms in total. The van der Waals surface area contributed by atoms with Crippen LogP contribution in [0.25, 0.3) is 6.08 Å². The molecule has 1 saturated heterocycles. The van der Waals surface area contributed by atoms with Crippen LogP contribution < -0.4 is 15.0 Å². The van der Waals surface area contributed by atoms with E-state index in [1.54, 1.807) is 18.2 Å². The molecule has 0 unspecified atom stereocenters. The Kier molecular flexibility index (Phi) is 8.90. The van der Waals surface area contributed by atoms with E-state index in [0.29, 0.717) is 17.1 Å². The number of rotatable bonds is 9. The number of hydrogen-bond donors (Lipinski definition) is 1. The number of aryl methyl sites for hydroxylation is 1. The van der Waals surface area contributed by atoms with Gasteiger partial charge in [-0.2, -0.15) is 5.26 Å². The summed E-state index contributed by atoms with van der Waals surface area (Å²) >= 11 is 6.31. The van der Waals surface area contributed by atoms with Crippen LogP contribution in [0.4, 0.5) is 4.39 Å². The number of pyridine rings is 1. The number of aromatic hydroxyl groups is 1. The van der Waals surface area contributed by atoms with Crippen molar-refractivity contribution in [1.82, 2.24) is 9.47 Å². The summed E-state index contributed by atoms with van der Waals surface area (Å²) in [5.74, 6) is -1.25. The number of amides is 1. The second-order valence-corrected chi connectivity index (χ2v) is 10.6. The predicted molar refractivity (Wildman–Crippen MR) is 156 cm³/mol. The lowest BCUT2D eigenvalue weighted by molar-refractivity contribution is -0.121. The molecule has 1 fully saturated rings. The van der Waals surface area contributed by atoms with Gasteiger partial charge >= 0.3 is 0 Å². The Bertz CT molecular complexity index is 1690. The average Bonchev–Trinajstić information content (AvgIpc) is 3.21. The number of thioether (sulfide) groups is 1. The Hall–Kier alpha value is -4.47. The van der Waals surface area contributed by atoms with Crippen molar-refractivity contribution in [3.8, 4) is 23.4 Å². The first-order chi connectivity index (χ1) is 19.6. The fraction of sp³-hybridized carbons (Fsp3) is 0.207. The van der Waals surface area contributed by atoms with Crippen molar-refractivity contribution in [2.45, 2.75) is 19.9 Å². The monoisotopic (exact) mass is 593 g/mol. The van der Waals surface area contributed by atoms with Gasteiger partial charge < -0.3 is 14.6 Å². The molecular weight excluding hydrogens is 569 g/mol. The smallest absolute Gasteiger partial charge is 0.271 e. The van der Waals surface area contributed by atoms with Crippen LogP contribution >= 0.6 is 24.0 Å². The zero-order chi connectivity index (χ0) is 29.8. The van der Waals surface area contributed by atoms with E-state index in [2.05, 4.69) is 0 Å². The van der Waals surface area contributed by atoms with Crippen LogP contribution in [0.15, 0.2) is 52.2 Å². The fourth-order valence-electron chi connectivity index (χ4n) is 4.34. The molecule has 4 rings (SSSR count). The highest BCUT2D eigenvalue weighted by molar-refractivity contribution is 8.26. The van der Waals surface area contributed by atoms with Gasteiger partial charge in [0.15, 0.2) is 17.3 Å². The molecule has 12 heteroatoms. The molecule has 0 saturated carbocycles. The first-order valence-electron chi connectivity index (χ1n) is 12.2. The number of nitrogens with zero attached hydrogens (tertiary/aromatic N) is 3. The molecule has 0 aliphatic carbocycles. The quantitative estimate of drug-likeness (QED) is 0.221. The Morgan fingerprint density at radius 1 is 1.15 bits per heavy atom. The van der Waals surface area contributed by atoms with E-state index in [0.717, 1.165) is 26.8 Å². The van der Waals surface area contributed by atoms with Gasteiger partial charge in [0, 0.05) is 6.54 Å². The van der Waals surface area contributed by atoms with Crippen molar-refractivity contribution >= 4 is 46.1 Å². The molecule has 1 aliphatic heterocycles. The zero-order valence-electron chi connectivity index (χ0n) is 22.3. The van der Waals surface area contributed by atoms with Crippen LogP contribution in [-0.2, 0) is 17.8 Å². The molecule has 1 aliphatic rings.